The molecule has 1 aliphatic heterocycles. The Labute approximate surface area is 215 Å². The minimum Gasteiger partial charge on any atom is -0.385 e. The zero-order chi connectivity index (χ0) is 25.5. The highest BCUT2D eigenvalue weighted by Crippen LogP contribution is 2.33. The van der Waals surface area contributed by atoms with Crippen LogP contribution in [-0.2, 0) is 0 Å². The second kappa shape index (κ2) is 11.8. The molecule has 3 atom stereocenters. The molecule has 3 unspecified atom stereocenters. The van der Waals surface area contributed by atoms with Gasteiger partial charge in [0, 0.05) is 16.8 Å². The van der Waals surface area contributed by atoms with Crippen LogP contribution in [0.1, 0.15) is 72.9 Å². The van der Waals surface area contributed by atoms with Crippen LogP contribution in [-0.4, -0.2) is 12.1 Å². The number of aryl methyl sites for hydroxylation is 1. The van der Waals surface area contributed by atoms with Crippen molar-refractivity contribution in [2.75, 3.05) is 5.32 Å². The highest BCUT2D eigenvalue weighted by atomic mass is 16.1. The SMILES string of the molecule is C=C=C(NC(=O)c1ccc(C2CCCCC(C)CC2)cc1)C1=C(N)NC(Nc2ccccc2C)C=C1. The normalized spacial score (nSPS) is 22.0. The van der Waals surface area contributed by atoms with E-state index in [2.05, 4.69) is 60.3 Å². The van der Waals surface area contributed by atoms with Crippen LogP contribution >= 0.6 is 0 Å². The molecule has 5 heteroatoms. The summed E-state index contributed by atoms with van der Waals surface area (Å²) in [7, 11) is 0. The molecule has 1 saturated carbocycles. The number of carbonyl (C=O) groups is 1. The average Bonchev–Trinajstić information content (AvgIpc) is 2.87. The molecule has 1 fully saturated rings. The Bertz CT molecular complexity index is 1190. The largest absolute Gasteiger partial charge is 0.385 e. The lowest BCUT2D eigenvalue weighted by Gasteiger charge is -2.26. The molecule has 188 valence electrons. The first-order chi connectivity index (χ1) is 17.4. The van der Waals surface area contributed by atoms with Gasteiger partial charge in [-0.1, -0.05) is 69.5 Å². The van der Waals surface area contributed by atoms with E-state index in [0.717, 1.165) is 17.2 Å². The number of para-hydroxylation sites is 1. The highest BCUT2D eigenvalue weighted by Gasteiger charge is 2.20. The van der Waals surface area contributed by atoms with Crippen LogP contribution in [0.4, 0.5) is 5.69 Å². The van der Waals surface area contributed by atoms with Gasteiger partial charge in [0.25, 0.3) is 5.91 Å². The number of nitrogens with two attached hydrogens (primary N) is 1. The van der Waals surface area contributed by atoms with Crippen LogP contribution in [0.25, 0.3) is 0 Å². The molecule has 0 spiro atoms. The number of benzene rings is 2. The van der Waals surface area contributed by atoms with Crippen LogP contribution in [0.3, 0.4) is 0 Å². The van der Waals surface area contributed by atoms with Crippen molar-refractivity contribution in [1.82, 2.24) is 10.6 Å². The van der Waals surface area contributed by atoms with Crippen LogP contribution in [0, 0.1) is 12.8 Å². The Kier molecular flexibility index (Phi) is 8.35. The molecule has 1 heterocycles. The summed E-state index contributed by atoms with van der Waals surface area (Å²) in [5.74, 6) is 1.63. The number of dihydropyridines is 1. The van der Waals surface area contributed by atoms with E-state index in [1.165, 1.54) is 44.1 Å². The molecule has 5 N–H and O–H groups in total. The Hall–Kier alpha value is -3.69. The van der Waals surface area contributed by atoms with E-state index in [9.17, 15) is 4.79 Å². The molecule has 0 radical (unpaired) electrons. The van der Waals surface area contributed by atoms with Gasteiger partial charge in [0.15, 0.2) is 0 Å². The van der Waals surface area contributed by atoms with Crippen molar-refractivity contribution in [3.63, 3.8) is 0 Å². The summed E-state index contributed by atoms with van der Waals surface area (Å²) in [6, 6.07) is 16.1. The van der Waals surface area contributed by atoms with Gasteiger partial charge in [-0.3, -0.25) is 4.79 Å². The summed E-state index contributed by atoms with van der Waals surface area (Å²) >= 11 is 0. The smallest absolute Gasteiger partial charge is 0.256 e. The zero-order valence-corrected chi connectivity index (χ0v) is 21.4. The van der Waals surface area contributed by atoms with Gasteiger partial charge in [-0.15, -0.1) is 5.73 Å². The first-order valence-corrected chi connectivity index (χ1v) is 13.0. The van der Waals surface area contributed by atoms with Crippen molar-refractivity contribution in [1.29, 1.82) is 0 Å². The molecule has 1 amide bonds. The highest BCUT2D eigenvalue weighted by molar-refractivity contribution is 5.95. The molecule has 4 rings (SSSR count). The third kappa shape index (κ3) is 6.30. The van der Waals surface area contributed by atoms with E-state index in [-0.39, 0.29) is 12.1 Å². The molecule has 2 aliphatic rings. The van der Waals surface area contributed by atoms with E-state index in [1.807, 2.05) is 42.5 Å². The van der Waals surface area contributed by atoms with Crippen LogP contribution in [0.5, 0.6) is 0 Å². The van der Waals surface area contributed by atoms with Crippen molar-refractivity contribution in [3.8, 4) is 0 Å². The van der Waals surface area contributed by atoms with Gasteiger partial charge >= 0.3 is 0 Å². The first-order valence-electron chi connectivity index (χ1n) is 13.0. The topological polar surface area (TPSA) is 79.2 Å². The van der Waals surface area contributed by atoms with Crippen molar-refractivity contribution in [3.05, 3.63) is 107 Å². The average molecular weight is 483 g/mol. The van der Waals surface area contributed by atoms with Crippen LogP contribution in [0.2, 0.25) is 0 Å². The third-order valence-electron chi connectivity index (χ3n) is 7.35. The van der Waals surface area contributed by atoms with E-state index >= 15 is 0 Å². The van der Waals surface area contributed by atoms with Crippen molar-refractivity contribution in [2.45, 2.75) is 64.5 Å². The van der Waals surface area contributed by atoms with E-state index in [0.29, 0.717) is 28.6 Å². The molecule has 36 heavy (non-hydrogen) atoms. The van der Waals surface area contributed by atoms with Crippen LogP contribution < -0.4 is 21.7 Å². The number of hydrogen-bond acceptors (Lipinski definition) is 4. The van der Waals surface area contributed by atoms with E-state index in [1.54, 1.807) is 0 Å². The molecular weight excluding hydrogens is 444 g/mol. The van der Waals surface area contributed by atoms with Gasteiger partial charge in [-0.05, 0) is 73.1 Å². The van der Waals surface area contributed by atoms with Gasteiger partial charge in [-0.25, -0.2) is 0 Å². The maximum atomic E-state index is 13.0. The summed E-state index contributed by atoms with van der Waals surface area (Å²) in [4.78, 5) is 13.0. The van der Waals surface area contributed by atoms with E-state index in [4.69, 9.17) is 5.73 Å². The number of anilines is 1. The molecule has 2 aromatic rings. The van der Waals surface area contributed by atoms with Gasteiger partial charge in [0.1, 0.15) is 12.0 Å². The molecule has 0 aromatic heterocycles. The second-order valence-electron chi connectivity index (χ2n) is 10.1. The Morgan fingerprint density at radius 1 is 1.06 bits per heavy atom. The number of amides is 1. The number of allylic oxidation sites excluding steroid dienone is 1. The molecule has 5 nitrogen and oxygen atoms in total. The third-order valence-corrected chi connectivity index (χ3v) is 7.35. The fourth-order valence-electron chi connectivity index (χ4n) is 5.07. The maximum Gasteiger partial charge on any atom is 0.256 e. The summed E-state index contributed by atoms with van der Waals surface area (Å²) < 4.78 is 0. The van der Waals surface area contributed by atoms with Crippen molar-refractivity contribution < 1.29 is 4.79 Å². The van der Waals surface area contributed by atoms with Crippen LogP contribution in [0.15, 0.2) is 90.1 Å². The molecule has 0 saturated heterocycles. The molecule has 0 bridgehead atoms. The Morgan fingerprint density at radius 2 is 1.81 bits per heavy atom. The monoisotopic (exact) mass is 482 g/mol. The maximum absolute atomic E-state index is 13.0. The number of carbonyl (C=O) groups excluding carboxylic acids is 1. The lowest BCUT2D eigenvalue weighted by atomic mass is 9.82. The quantitative estimate of drug-likeness (QED) is 0.368. The van der Waals surface area contributed by atoms with Gasteiger partial charge < -0.3 is 21.7 Å². The summed E-state index contributed by atoms with van der Waals surface area (Å²) in [5.41, 5.74) is 14.4. The number of nitrogens with one attached hydrogen (secondary N) is 3. The Morgan fingerprint density at radius 3 is 2.53 bits per heavy atom. The number of rotatable bonds is 6. The lowest BCUT2D eigenvalue weighted by Crippen LogP contribution is -2.40. The molecular formula is C31H38N4O. The first kappa shape index (κ1) is 25.4. The van der Waals surface area contributed by atoms with Gasteiger partial charge in [0.2, 0.25) is 0 Å². The van der Waals surface area contributed by atoms with E-state index < -0.39 is 0 Å². The molecule has 1 aliphatic carbocycles. The minimum atomic E-state index is -0.201. The lowest BCUT2D eigenvalue weighted by molar-refractivity contribution is 0.0967. The zero-order valence-electron chi connectivity index (χ0n) is 21.4. The standard InChI is InChI=1S/C31H38N4O/c1-4-27(26-19-20-29(35-30(26)32)33-28-12-8-6-10-22(28)3)34-31(36)25-17-15-24(16-18-25)23-11-7-5-9-21(2)13-14-23/h6,8,10,12,15-21,23,29,33,35H,1,5,7,9,11,13-14,32H2,2-3H3,(H,34,36). The molecule has 2 aromatic carbocycles. The fraction of sp³-hybridized carbons (Fsp3) is 0.355. The predicted molar refractivity (Wildman–Crippen MR) is 148 cm³/mol. The summed E-state index contributed by atoms with van der Waals surface area (Å²) in [6.07, 6.45) is 11.4. The fourth-order valence-corrected chi connectivity index (χ4v) is 5.07. The summed E-state index contributed by atoms with van der Waals surface area (Å²) in [5, 5.41) is 9.60. The van der Waals surface area contributed by atoms with Gasteiger partial charge in [-0.2, -0.15) is 0 Å². The van der Waals surface area contributed by atoms with Gasteiger partial charge in [0.05, 0.1) is 5.70 Å². The second-order valence-corrected chi connectivity index (χ2v) is 10.1. The van der Waals surface area contributed by atoms with Crippen molar-refractivity contribution in [2.24, 2.45) is 11.7 Å². The van der Waals surface area contributed by atoms with Crippen molar-refractivity contribution >= 4 is 11.6 Å². The number of hydrogen-bond donors (Lipinski definition) is 4. The predicted octanol–water partition coefficient (Wildman–Crippen LogP) is 6.24. The minimum absolute atomic E-state index is 0.166. The summed E-state index contributed by atoms with van der Waals surface area (Å²) in [6.45, 7) is 8.19. The Balaban J connectivity index is 1.39.